The highest BCUT2D eigenvalue weighted by Gasteiger charge is 2.41. The highest BCUT2D eigenvalue weighted by molar-refractivity contribution is 7.11. The van der Waals surface area contributed by atoms with E-state index in [1.807, 2.05) is 17.2 Å². The second-order valence-electron chi connectivity index (χ2n) is 7.02. The van der Waals surface area contributed by atoms with Gasteiger partial charge >= 0.3 is 5.97 Å². The molecule has 0 amide bonds. The van der Waals surface area contributed by atoms with Crippen molar-refractivity contribution in [1.82, 2.24) is 9.88 Å². The number of esters is 1. The average molecular weight is 412 g/mol. The SMILES string of the molecule is CCOC(=O)C1=C2CC(C=N)CN2C(c2nccs2)=N[C@H]1c1ccc(F)cc1C. The molecule has 29 heavy (non-hydrogen) atoms. The van der Waals surface area contributed by atoms with Crippen LogP contribution in [0.4, 0.5) is 4.39 Å². The number of aromatic nitrogens is 1. The zero-order valence-corrected chi connectivity index (χ0v) is 17.0. The molecule has 0 saturated carbocycles. The van der Waals surface area contributed by atoms with Crippen molar-refractivity contribution >= 4 is 29.4 Å². The molecule has 0 spiro atoms. The fourth-order valence-corrected chi connectivity index (χ4v) is 4.52. The van der Waals surface area contributed by atoms with E-state index in [1.165, 1.54) is 29.7 Å². The molecule has 1 aromatic carbocycles. The van der Waals surface area contributed by atoms with Crippen molar-refractivity contribution in [1.29, 1.82) is 5.41 Å². The molecule has 1 N–H and O–H groups in total. The van der Waals surface area contributed by atoms with Crippen LogP contribution in [0.3, 0.4) is 0 Å². The summed E-state index contributed by atoms with van der Waals surface area (Å²) < 4.78 is 19.1. The highest BCUT2D eigenvalue weighted by atomic mass is 32.1. The van der Waals surface area contributed by atoms with Gasteiger partial charge in [-0.05, 0) is 43.5 Å². The van der Waals surface area contributed by atoms with E-state index in [9.17, 15) is 9.18 Å². The molecule has 1 unspecified atom stereocenters. The Kier molecular flexibility index (Phi) is 5.27. The van der Waals surface area contributed by atoms with Gasteiger partial charge in [0.2, 0.25) is 0 Å². The summed E-state index contributed by atoms with van der Waals surface area (Å²) in [5, 5.41) is 10.4. The maximum atomic E-state index is 13.7. The highest BCUT2D eigenvalue weighted by Crippen LogP contribution is 2.42. The number of hydrogen-bond acceptors (Lipinski definition) is 7. The molecule has 150 valence electrons. The van der Waals surface area contributed by atoms with Crippen LogP contribution < -0.4 is 0 Å². The summed E-state index contributed by atoms with van der Waals surface area (Å²) in [4.78, 5) is 24.3. The fraction of sp³-hybridized carbons (Fsp3) is 0.333. The van der Waals surface area contributed by atoms with Crippen LogP contribution in [0.5, 0.6) is 0 Å². The van der Waals surface area contributed by atoms with Crippen molar-refractivity contribution in [2.24, 2.45) is 10.9 Å². The molecule has 1 saturated heterocycles. The molecule has 8 heteroatoms. The minimum atomic E-state index is -0.607. The van der Waals surface area contributed by atoms with Gasteiger partial charge in [0.25, 0.3) is 0 Å². The van der Waals surface area contributed by atoms with Gasteiger partial charge in [0.1, 0.15) is 11.9 Å². The Morgan fingerprint density at radius 3 is 2.97 bits per heavy atom. The number of aliphatic imine (C=N–C) groups is 1. The number of rotatable bonds is 5. The minimum Gasteiger partial charge on any atom is -0.463 e. The molecule has 2 aromatic rings. The van der Waals surface area contributed by atoms with E-state index in [2.05, 4.69) is 4.98 Å². The third kappa shape index (κ3) is 3.48. The first-order valence-corrected chi connectivity index (χ1v) is 10.3. The summed E-state index contributed by atoms with van der Waals surface area (Å²) in [7, 11) is 0. The Bertz CT molecular complexity index is 1020. The largest absolute Gasteiger partial charge is 0.463 e. The molecule has 2 atom stereocenters. The molecular formula is C21H21FN4O2S. The standard InChI is InChI=1S/C21H21FN4O2S/c1-3-28-21(27)17-16-9-13(10-23)11-26(16)19(20-24-6-7-29-20)25-18(17)15-5-4-14(22)8-12(15)2/h4-8,10,13,18,23H,3,9,11H2,1-2H3/t13?,18-/m0/s1. The quantitative estimate of drug-likeness (QED) is 0.597. The van der Waals surface area contributed by atoms with Crippen molar-refractivity contribution < 1.29 is 13.9 Å². The lowest BCUT2D eigenvalue weighted by Crippen LogP contribution is -2.35. The van der Waals surface area contributed by atoms with Crippen molar-refractivity contribution in [3.8, 4) is 0 Å². The Morgan fingerprint density at radius 1 is 1.48 bits per heavy atom. The second-order valence-corrected chi connectivity index (χ2v) is 7.91. The smallest absolute Gasteiger partial charge is 0.338 e. The number of carbonyl (C=O) groups excluding carboxylic acids is 1. The lowest BCUT2D eigenvalue weighted by atomic mass is 9.91. The number of allylic oxidation sites excluding steroid dienone is 1. The second kappa shape index (κ2) is 7.87. The van der Waals surface area contributed by atoms with E-state index in [1.54, 1.807) is 19.2 Å². The van der Waals surface area contributed by atoms with Crippen molar-refractivity contribution in [3.05, 3.63) is 63.0 Å². The van der Waals surface area contributed by atoms with Gasteiger partial charge in [-0.25, -0.2) is 14.2 Å². The number of benzene rings is 1. The number of thiazole rings is 1. The molecule has 3 heterocycles. The third-order valence-electron chi connectivity index (χ3n) is 5.17. The number of amidine groups is 1. The summed E-state index contributed by atoms with van der Waals surface area (Å²) in [5.74, 6) is -0.0922. The van der Waals surface area contributed by atoms with E-state index in [-0.39, 0.29) is 18.3 Å². The van der Waals surface area contributed by atoms with E-state index in [0.29, 0.717) is 24.4 Å². The monoisotopic (exact) mass is 412 g/mol. The van der Waals surface area contributed by atoms with E-state index in [0.717, 1.165) is 21.8 Å². The number of halogens is 1. The normalized spacial score (nSPS) is 21.1. The Labute approximate surface area is 172 Å². The van der Waals surface area contributed by atoms with Crippen LogP contribution >= 0.6 is 11.3 Å². The first-order chi connectivity index (χ1) is 14.0. The number of aryl methyl sites for hydroxylation is 1. The first-order valence-electron chi connectivity index (χ1n) is 9.45. The van der Waals surface area contributed by atoms with Gasteiger partial charge in [0.05, 0.1) is 12.2 Å². The maximum absolute atomic E-state index is 13.7. The van der Waals surface area contributed by atoms with E-state index >= 15 is 0 Å². The van der Waals surface area contributed by atoms with Gasteiger partial charge < -0.3 is 15.0 Å². The number of hydrogen-bond donors (Lipinski definition) is 1. The average Bonchev–Trinajstić information content (AvgIpc) is 3.37. The molecule has 1 aromatic heterocycles. The zero-order chi connectivity index (χ0) is 20.5. The first kappa shape index (κ1) is 19.4. The van der Waals surface area contributed by atoms with Crippen molar-refractivity contribution in [2.75, 3.05) is 13.2 Å². The molecular weight excluding hydrogens is 391 g/mol. The minimum absolute atomic E-state index is 0.0207. The summed E-state index contributed by atoms with van der Waals surface area (Å²) in [5.41, 5.74) is 2.75. The predicted octanol–water partition coefficient (Wildman–Crippen LogP) is 3.88. The number of nitrogens with zero attached hydrogens (tertiary/aromatic N) is 3. The van der Waals surface area contributed by atoms with Gasteiger partial charge in [-0.3, -0.25) is 4.99 Å². The molecule has 4 rings (SSSR count). The molecule has 6 nitrogen and oxygen atoms in total. The Morgan fingerprint density at radius 2 is 2.31 bits per heavy atom. The molecule has 0 bridgehead atoms. The Hall–Kier alpha value is -2.87. The summed E-state index contributed by atoms with van der Waals surface area (Å²) in [6.45, 7) is 4.39. The van der Waals surface area contributed by atoms with Gasteiger partial charge in [0.15, 0.2) is 10.8 Å². The number of nitrogens with one attached hydrogen (secondary N) is 1. The summed E-state index contributed by atoms with van der Waals surface area (Å²) >= 11 is 1.47. The van der Waals surface area contributed by atoms with Gasteiger partial charge in [-0.2, -0.15) is 0 Å². The number of carbonyl (C=O) groups is 1. The van der Waals surface area contributed by atoms with Crippen LogP contribution in [0.1, 0.15) is 35.5 Å². The maximum Gasteiger partial charge on any atom is 0.338 e. The van der Waals surface area contributed by atoms with Crippen molar-refractivity contribution in [3.63, 3.8) is 0 Å². The fourth-order valence-electron chi connectivity index (χ4n) is 3.88. The van der Waals surface area contributed by atoms with Gasteiger partial charge in [-0.15, -0.1) is 11.3 Å². The summed E-state index contributed by atoms with van der Waals surface area (Å²) in [6, 6.07) is 3.90. The van der Waals surface area contributed by atoms with Crippen LogP contribution in [-0.2, 0) is 9.53 Å². The topological polar surface area (TPSA) is 78.6 Å². The van der Waals surface area contributed by atoms with Gasteiger partial charge in [-0.1, -0.05) is 6.07 Å². The molecule has 0 aliphatic carbocycles. The molecule has 2 aliphatic rings. The number of fused-ring (bicyclic) bond motifs is 1. The number of ether oxygens (including phenoxy) is 1. The van der Waals surface area contributed by atoms with Crippen LogP contribution in [-0.4, -0.2) is 41.1 Å². The Balaban J connectivity index is 1.92. The third-order valence-corrected chi connectivity index (χ3v) is 5.94. The summed E-state index contributed by atoms with van der Waals surface area (Å²) in [6.07, 6.45) is 3.68. The molecule has 1 fully saturated rings. The van der Waals surface area contributed by atoms with Crippen molar-refractivity contribution in [2.45, 2.75) is 26.3 Å². The molecule has 2 aliphatic heterocycles. The van der Waals surface area contributed by atoms with Crippen LogP contribution in [0.15, 0.2) is 46.0 Å². The van der Waals surface area contributed by atoms with E-state index in [4.69, 9.17) is 15.1 Å². The predicted molar refractivity (Wildman–Crippen MR) is 110 cm³/mol. The van der Waals surface area contributed by atoms with Crippen LogP contribution in [0, 0.1) is 24.1 Å². The lowest BCUT2D eigenvalue weighted by Gasteiger charge is -2.32. The van der Waals surface area contributed by atoms with Crippen LogP contribution in [0.25, 0.3) is 0 Å². The van der Waals surface area contributed by atoms with Crippen LogP contribution in [0.2, 0.25) is 0 Å². The zero-order valence-electron chi connectivity index (χ0n) is 16.2. The lowest BCUT2D eigenvalue weighted by molar-refractivity contribution is -0.139. The van der Waals surface area contributed by atoms with E-state index < -0.39 is 12.0 Å². The molecule has 0 radical (unpaired) electrons. The van der Waals surface area contributed by atoms with Gasteiger partial charge in [0, 0.05) is 36.0 Å².